The lowest BCUT2D eigenvalue weighted by molar-refractivity contribution is -0.118. The van der Waals surface area contributed by atoms with Gasteiger partial charge < -0.3 is 16.8 Å². The van der Waals surface area contributed by atoms with Gasteiger partial charge in [0.05, 0.1) is 16.9 Å². The van der Waals surface area contributed by atoms with Crippen LogP contribution in [0.15, 0.2) is 30.5 Å². The van der Waals surface area contributed by atoms with E-state index in [1.807, 2.05) is 24.3 Å². The number of amides is 1. The molecule has 0 radical (unpaired) electrons. The molecule has 5 N–H and O–H groups in total. The molecule has 2 aromatic rings. The van der Waals surface area contributed by atoms with E-state index in [1.165, 1.54) is 0 Å². The molecule has 1 aromatic heterocycles. The number of fused-ring (bicyclic) bond motifs is 1. The molecule has 5 heteroatoms. The van der Waals surface area contributed by atoms with Crippen LogP contribution in [0.1, 0.15) is 19.3 Å². The van der Waals surface area contributed by atoms with E-state index in [2.05, 4.69) is 10.3 Å². The summed E-state index contributed by atoms with van der Waals surface area (Å²) in [5, 5.41) is 4.22. The molecule has 100 valence electrons. The van der Waals surface area contributed by atoms with Crippen molar-refractivity contribution in [2.24, 2.45) is 5.73 Å². The zero-order valence-electron chi connectivity index (χ0n) is 10.7. The van der Waals surface area contributed by atoms with Crippen LogP contribution in [-0.2, 0) is 4.79 Å². The summed E-state index contributed by atoms with van der Waals surface area (Å²) >= 11 is 0. The average molecular weight is 258 g/mol. The summed E-state index contributed by atoms with van der Waals surface area (Å²) in [6.07, 6.45) is 3.85. The summed E-state index contributed by atoms with van der Waals surface area (Å²) in [5.74, 6) is -0.253. The van der Waals surface area contributed by atoms with Gasteiger partial charge in [-0.2, -0.15) is 0 Å². The molecule has 0 unspecified atom stereocenters. The van der Waals surface area contributed by atoms with Gasteiger partial charge in [0.15, 0.2) is 0 Å². The molecule has 0 saturated heterocycles. The second-order valence-electron chi connectivity index (χ2n) is 4.45. The van der Waals surface area contributed by atoms with Gasteiger partial charge in [0.2, 0.25) is 5.91 Å². The summed E-state index contributed by atoms with van der Waals surface area (Å²) in [6.45, 7) is 0.767. The molecule has 0 spiro atoms. The zero-order chi connectivity index (χ0) is 13.7. The Morgan fingerprint density at radius 3 is 2.89 bits per heavy atom. The highest BCUT2D eigenvalue weighted by molar-refractivity contribution is 5.96. The minimum Gasteiger partial charge on any atom is -0.397 e. The third-order valence-electron chi connectivity index (χ3n) is 2.99. The molecule has 1 aromatic carbocycles. The number of nitrogens with zero attached hydrogens (tertiary/aromatic N) is 1. The zero-order valence-corrected chi connectivity index (χ0v) is 10.7. The van der Waals surface area contributed by atoms with Gasteiger partial charge in [-0.15, -0.1) is 0 Å². The van der Waals surface area contributed by atoms with Crippen LogP contribution in [-0.4, -0.2) is 17.4 Å². The Balaban J connectivity index is 1.97. The molecule has 1 heterocycles. The second kappa shape index (κ2) is 6.04. The topological polar surface area (TPSA) is 94.0 Å². The van der Waals surface area contributed by atoms with E-state index >= 15 is 0 Å². The number of nitrogen functional groups attached to an aromatic ring is 1. The van der Waals surface area contributed by atoms with Crippen molar-refractivity contribution in [2.45, 2.75) is 19.3 Å². The molecule has 2 rings (SSSR count). The van der Waals surface area contributed by atoms with Gasteiger partial charge >= 0.3 is 0 Å². The molecule has 0 saturated carbocycles. The first-order valence-electron chi connectivity index (χ1n) is 6.34. The highest BCUT2D eigenvalue weighted by Crippen LogP contribution is 2.27. The van der Waals surface area contributed by atoms with Gasteiger partial charge in [-0.25, -0.2) is 0 Å². The number of unbranched alkanes of at least 4 members (excludes halogenated alkanes) is 1. The normalized spacial score (nSPS) is 10.5. The van der Waals surface area contributed by atoms with Crippen molar-refractivity contribution in [3.05, 3.63) is 30.5 Å². The summed E-state index contributed by atoms with van der Waals surface area (Å²) in [6, 6.07) is 7.70. The van der Waals surface area contributed by atoms with Crippen LogP contribution in [0, 0.1) is 0 Å². The monoisotopic (exact) mass is 258 g/mol. The Morgan fingerprint density at radius 2 is 2.11 bits per heavy atom. The number of carbonyl (C=O) groups is 1. The van der Waals surface area contributed by atoms with Gasteiger partial charge in [0.1, 0.15) is 0 Å². The fourth-order valence-electron chi connectivity index (χ4n) is 1.98. The number of benzene rings is 1. The Bertz CT molecular complexity index is 583. The third kappa shape index (κ3) is 3.34. The SMILES string of the molecule is NC(=O)CCCCNc1ccc2ncccc2c1N. The van der Waals surface area contributed by atoms with Crippen molar-refractivity contribution >= 4 is 28.2 Å². The highest BCUT2D eigenvalue weighted by atomic mass is 16.1. The predicted molar refractivity (Wildman–Crippen MR) is 77.7 cm³/mol. The molecule has 1 amide bonds. The molecule has 0 atom stereocenters. The number of nitrogens with one attached hydrogen (secondary N) is 1. The Labute approximate surface area is 112 Å². The standard InChI is InChI=1S/C14H18N4O/c15-13(19)5-1-2-8-18-12-7-6-11-10(14(12)16)4-3-9-17-11/h3-4,6-7,9,18H,1-2,5,8,16H2,(H2,15,19). The number of aromatic nitrogens is 1. The summed E-state index contributed by atoms with van der Waals surface area (Å²) in [4.78, 5) is 14.9. The number of pyridine rings is 1. The van der Waals surface area contributed by atoms with Crippen LogP contribution in [0.2, 0.25) is 0 Å². The highest BCUT2D eigenvalue weighted by Gasteiger charge is 2.04. The van der Waals surface area contributed by atoms with E-state index in [0.717, 1.165) is 36.0 Å². The number of hydrogen-bond acceptors (Lipinski definition) is 4. The molecule has 0 fully saturated rings. The molecule has 19 heavy (non-hydrogen) atoms. The van der Waals surface area contributed by atoms with Crippen LogP contribution < -0.4 is 16.8 Å². The van der Waals surface area contributed by atoms with Crippen LogP contribution in [0.5, 0.6) is 0 Å². The van der Waals surface area contributed by atoms with E-state index in [4.69, 9.17) is 11.5 Å². The first kappa shape index (κ1) is 13.1. The predicted octanol–water partition coefficient (Wildman–Crippen LogP) is 1.88. The minimum absolute atomic E-state index is 0.253. The van der Waals surface area contributed by atoms with E-state index in [9.17, 15) is 4.79 Å². The number of hydrogen-bond donors (Lipinski definition) is 3. The third-order valence-corrected chi connectivity index (χ3v) is 2.99. The van der Waals surface area contributed by atoms with Crippen molar-refractivity contribution in [3.63, 3.8) is 0 Å². The molecule has 0 aliphatic heterocycles. The maximum absolute atomic E-state index is 10.6. The van der Waals surface area contributed by atoms with Crippen molar-refractivity contribution in [1.82, 2.24) is 4.98 Å². The van der Waals surface area contributed by atoms with Crippen LogP contribution in [0.25, 0.3) is 10.9 Å². The number of rotatable bonds is 6. The fourth-order valence-corrected chi connectivity index (χ4v) is 1.98. The molecule has 0 bridgehead atoms. The smallest absolute Gasteiger partial charge is 0.217 e. The van der Waals surface area contributed by atoms with Crippen molar-refractivity contribution in [1.29, 1.82) is 0 Å². The molecule has 5 nitrogen and oxygen atoms in total. The summed E-state index contributed by atoms with van der Waals surface area (Å²) in [5.41, 5.74) is 13.7. The first-order valence-corrected chi connectivity index (χ1v) is 6.34. The fraction of sp³-hybridized carbons (Fsp3) is 0.286. The minimum atomic E-state index is -0.253. The van der Waals surface area contributed by atoms with Crippen LogP contribution in [0.4, 0.5) is 11.4 Å². The maximum Gasteiger partial charge on any atom is 0.217 e. The van der Waals surface area contributed by atoms with Crippen LogP contribution >= 0.6 is 0 Å². The number of primary amides is 1. The number of anilines is 2. The maximum atomic E-state index is 10.6. The Kier molecular flexibility index (Phi) is 4.18. The van der Waals surface area contributed by atoms with Crippen LogP contribution in [0.3, 0.4) is 0 Å². The van der Waals surface area contributed by atoms with E-state index in [1.54, 1.807) is 6.20 Å². The van der Waals surface area contributed by atoms with E-state index in [0.29, 0.717) is 12.1 Å². The number of carbonyl (C=O) groups excluding carboxylic acids is 1. The average Bonchev–Trinajstić information content (AvgIpc) is 2.41. The quantitative estimate of drug-likeness (QED) is 0.544. The van der Waals surface area contributed by atoms with Gasteiger partial charge in [0.25, 0.3) is 0 Å². The lowest BCUT2D eigenvalue weighted by atomic mass is 10.1. The Morgan fingerprint density at radius 1 is 1.26 bits per heavy atom. The lowest BCUT2D eigenvalue weighted by Gasteiger charge is -2.11. The molecule has 0 aliphatic rings. The second-order valence-corrected chi connectivity index (χ2v) is 4.45. The van der Waals surface area contributed by atoms with E-state index < -0.39 is 0 Å². The van der Waals surface area contributed by atoms with Crippen molar-refractivity contribution in [3.8, 4) is 0 Å². The van der Waals surface area contributed by atoms with Crippen molar-refractivity contribution in [2.75, 3.05) is 17.6 Å². The summed E-state index contributed by atoms with van der Waals surface area (Å²) in [7, 11) is 0. The van der Waals surface area contributed by atoms with Gasteiger partial charge in [-0.1, -0.05) is 0 Å². The molecular formula is C14H18N4O. The Hall–Kier alpha value is -2.30. The first-order chi connectivity index (χ1) is 9.18. The number of nitrogens with two attached hydrogens (primary N) is 2. The van der Waals surface area contributed by atoms with Crippen molar-refractivity contribution < 1.29 is 4.79 Å². The lowest BCUT2D eigenvalue weighted by Crippen LogP contribution is -2.11. The van der Waals surface area contributed by atoms with Gasteiger partial charge in [0, 0.05) is 24.5 Å². The van der Waals surface area contributed by atoms with E-state index in [-0.39, 0.29) is 5.91 Å². The largest absolute Gasteiger partial charge is 0.397 e. The van der Waals surface area contributed by atoms with Gasteiger partial charge in [-0.3, -0.25) is 9.78 Å². The van der Waals surface area contributed by atoms with Gasteiger partial charge in [-0.05, 0) is 37.1 Å². The summed E-state index contributed by atoms with van der Waals surface area (Å²) < 4.78 is 0. The molecule has 0 aliphatic carbocycles. The molecular weight excluding hydrogens is 240 g/mol.